The normalized spacial score (nSPS) is 12.1. The molecule has 0 unspecified atom stereocenters. The minimum atomic E-state index is -0.817. The molecule has 0 spiro atoms. The molecule has 0 radical (unpaired) electrons. The molecule has 7 heteroatoms. The lowest BCUT2D eigenvalue weighted by molar-refractivity contribution is 0.0874. The Bertz CT molecular complexity index is 638. The van der Waals surface area contributed by atoms with Gasteiger partial charge in [0.25, 0.3) is 0 Å². The summed E-state index contributed by atoms with van der Waals surface area (Å²) in [4.78, 5) is 17.9. The van der Waals surface area contributed by atoms with E-state index in [2.05, 4.69) is 15.2 Å². The Morgan fingerprint density at radius 2 is 2.21 bits per heavy atom. The van der Waals surface area contributed by atoms with Crippen LogP contribution in [0.5, 0.6) is 0 Å². The zero-order valence-electron chi connectivity index (χ0n) is 11.6. The average Bonchev–Trinajstić information content (AvgIpc) is 2.67. The summed E-state index contributed by atoms with van der Waals surface area (Å²) in [7, 11) is 0. The number of hydrogen-bond acceptors (Lipinski definition) is 5. The van der Waals surface area contributed by atoms with Crippen LogP contribution in [0.3, 0.4) is 0 Å². The van der Waals surface area contributed by atoms with Crippen molar-refractivity contribution in [2.45, 2.75) is 33.3 Å². The molecule has 2 rings (SSSR count). The molecule has 0 amide bonds. The third-order valence-electron chi connectivity index (χ3n) is 2.84. The van der Waals surface area contributed by atoms with E-state index in [1.54, 1.807) is 26.8 Å². The lowest BCUT2D eigenvalue weighted by Crippen LogP contribution is -2.39. The number of fused-ring (bicyclic) bond motifs is 1. The number of aliphatic hydroxyl groups is 1. The first-order chi connectivity index (χ1) is 8.81. The summed E-state index contributed by atoms with van der Waals surface area (Å²) in [6.45, 7) is 8.41. The van der Waals surface area contributed by atoms with Gasteiger partial charge < -0.3 is 10.0 Å². The van der Waals surface area contributed by atoms with Crippen molar-refractivity contribution in [3.05, 3.63) is 22.4 Å². The highest BCUT2D eigenvalue weighted by atomic mass is 16.3. The largest absolute Gasteiger partial charge is 0.389 e. The van der Waals surface area contributed by atoms with E-state index in [0.29, 0.717) is 30.4 Å². The van der Waals surface area contributed by atoms with Crippen LogP contribution in [-0.2, 0) is 0 Å². The van der Waals surface area contributed by atoms with Gasteiger partial charge in [0, 0.05) is 19.2 Å². The van der Waals surface area contributed by atoms with Gasteiger partial charge in [-0.25, -0.2) is 19.3 Å². The van der Waals surface area contributed by atoms with E-state index in [-0.39, 0.29) is 5.69 Å². The third kappa shape index (κ3) is 2.76. The highest BCUT2D eigenvalue weighted by molar-refractivity contribution is 5.51. The van der Waals surface area contributed by atoms with Crippen LogP contribution in [0.2, 0.25) is 0 Å². The lowest BCUT2D eigenvalue weighted by atomic mass is 10.1. The summed E-state index contributed by atoms with van der Waals surface area (Å²) in [6, 6.07) is 1.74. The summed E-state index contributed by atoms with van der Waals surface area (Å²) in [5, 5.41) is 16.3. The zero-order chi connectivity index (χ0) is 14.2. The molecular weight excluding hydrogens is 246 g/mol. The molecule has 0 aliphatic heterocycles. The van der Waals surface area contributed by atoms with Crippen molar-refractivity contribution < 1.29 is 5.11 Å². The van der Waals surface area contributed by atoms with Gasteiger partial charge in [-0.3, -0.25) is 0 Å². The molecule has 0 aliphatic rings. The highest BCUT2D eigenvalue weighted by Crippen LogP contribution is 2.16. The predicted molar refractivity (Wildman–Crippen MR) is 72.5 cm³/mol. The molecule has 2 N–H and O–H groups in total. The maximum absolute atomic E-state index is 11.5. The summed E-state index contributed by atoms with van der Waals surface area (Å²) >= 11 is 0. The summed E-state index contributed by atoms with van der Waals surface area (Å²) in [5.41, 5.74) is -0.582. The van der Waals surface area contributed by atoms with E-state index < -0.39 is 5.60 Å². The van der Waals surface area contributed by atoms with Crippen molar-refractivity contribution in [2.24, 2.45) is 0 Å². The van der Waals surface area contributed by atoms with Crippen molar-refractivity contribution in [2.75, 3.05) is 18.0 Å². The number of aryl methyl sites for hydroxylation is 1. The number of hydrogen-bond donors (Lipinski definition) is 2. The van der Waals surface area contributed by atoms with Gasteiger partial charge in [0.15, 0.2) is 5.65 Å². The Kier molecular flexibility index (Phi) is 3.32. The molecule has 19 heavy (non-hydrogen) atoms. The minimum Gasteiger partial charge on any atom is -0.389 e. The summed E-state index contributed by atoms with van der Waals surface area (Å²) < 4.78 is 1.42. The van der Waals surface area contributed by atoms with E-state index in [1.807, 2.05) is 11.8 Å². The second kappa shape index (κ2) is 4.65. The molecule has 7 nitrogen and oxygen atoms in total. The molecule has 0 fully saturated rings. The predicted octanol–water partition coefficient (Wildman–Crippen LogP) is 0.323. The fraction of sp³-hybridized carbons (Fsp3) is 0.583. The quantitative estimate of drug-likeness (QED) is 0.831. The fourth-order valence-corrected chi connectivity index (χ4v) is 2.07. The molecule has 0 aliphatic carbocycles. The molecule has 2 heterocycles. The maximum Gasteiger partial charge on any atom is 0.349 e. The first-order valence-corrected chi connectivity index (χ1v) is 6.24. The Labute approximate surface area is 110 Å². The highest BCUT2D eigenvalue weighted by Gasteiger charge is 2.19. The second-order valence-corrected chi connectivity index (χ2v) is 5.21. The van der Waals surface area contributed by atoms with E-state index in [0.717, 1.165) is 0 Å². The van der Waals surface area contributed by atoms with Crippen LogP contribution in [0.15, 0.2) is 10.9 Å². The van der Waals surface area contributed by atoms with Crippen LogP contribution in [0.25, 0.3) is 5.65 Å². The number of H-pyrrole nitrogens is 1. The molecule has 0 bridgehead atoms. The van der Waals surface area contributed by atoms with Gasteiger partial charge in [-0.1, -0.05) is 0 Å². The number of nitrogens with zero attached hydrogens (tertiary/aromatic N) is 4. The number of rotatable bonds is 4. The number of anilines is 1. The molecule has 104 valence electrons. The van der Waals surface area contributed by atoms with Crippen molar-refractivity contribution >= 4 is 11.5 Å². The van der Waals surface area contributed by atoms with Crippen molar-refractivity contribution in [3.8, 4) is 0 Å². The van der Waals surface area contributed by atoms with Crippen molar-refractivity contribution in [1.29, 1.82) is 0 Å². The minimum absolute atomic E-state index is 0.294. The van der Waals surface area contributed by atoms with Crippen LogP contribution in [0.4, 0.5) is 5.82 Å². The van der Waals surface area contributed by atoms with Gasteiger partial charge in [-0.05, 0) is 27.7 Å². The van der Waals surface area contributed by atoms with Crippen LogP contribution >= 0.6 is 0 Å². The zero-order valence-corrected chi connectivity index (χ0v) is 11.6. The van der Waals surface area contributed by atoms with Crippen molar-refractivity contribution in [3.63, 3.8) is 0 Å². The molecule has 0 atom stereocenters. The molecule has 2 aromatic rings. The number of nitrogens with one attached hydrogen (secondary N) is 1. The first-order valence-electron chi connectivity index (χ1n) is 6.24. The standard InChI is InChI=1S/C12H19N5O2/c1-5-16(7-12(3,4)19)9-6-10-14-15-11(18)17(10)8(2)13-9/h6,19H,5,7H2,1-4H3,(H,15,18). The van der Waals surface area contributed by atoms with Crippen LogP contribution < -0.4 is 10.6 Å². The Morgan fingerprint density at radius 3 is 2.79 bits per heavy atom. The fourth-order valence-electron chi connectivity index (χ4n) is 2.07. The maximum atomic E-state index is 11.5. The van der Waals surface area contributed by atoms with E-state index in [4.69, 9.17) is 0 Å². The van der Waals surface area contributed by atoms with Gasteiger partial charge in [0.05, 0.1) is 5.60 Å². The smallest absolute Gasteiger partial charge is 0.349 e. The van der Waals surface area contributed by atoms with Crippen LogP contribution in [0.1, 0.15) is 26.6 Å². The lowest BCUT2D eigenvalue weighted by Gasteiger charge is -2.29. The van der Waals surface area contributed by atoms with E-state index >= 15 is 0 Å². The number of likely N-dealkylation sites (N-methyl/N-ethyl adjacent to an activating group) is 1. The van der Waals surface area contributed by atoms with Gasteiger partial charge in [0.2, 0.25) is 0 Å². The topological polar surface area (TPSA) is 86.5 Å². The summed E-state index contributed by atoms with van der Waals surface area (Å²) in [5.74, 6) is 1.27. The molecule has 0 saturated heterocycles. The molecule has 0 aromatic carbocycles. The average molecular weight is 265 g/mol. The third-order valence-corrected chi connectivity index (χ3v) is 2.84. The molecular formula is C12H19N5O2. The first kappa shape index (κ1) is 13.5. The Hall–Kier alpha value is -1.89. The Balaban J connectivity index is 2.47. The van der Waals surface area contributed by atoms with E-state index in [1.165, 1.54) is 4.40 Å². The van der Waals surface area contributed by atoms with Gasteiger partial charge in [-0.15, -0.1) is 0 Å². The SMILES string of the molecule is CCN(CC(C)(C)O)c1cc2n[nH]c(=O)n2c(C)n1. The summed E-state index contributed by atoms with van der Waals surface area (Å²) in [6.07, 6.45) is 0. The van der Waals surface area contributed by atoms with Crippen molar-refractivity contribution in [1.82, 2.24) is 19.6 Å². The number of aromatic amines is 1. The monoisotopic (exact) mass is 265 g/mol. The molecule has 2 aromatic heterocycles. The molecule has 0 saturated carbocycles. The number of aromatic nitrogens is 4. The van der Waals surface area contributed by atoms with E-state index in [9.17, 15) is 9.90 Å². The second-order valence-electron chi connectivity index (χ2n) is 5.21. The van der Waals surface area contributed by atoms with Crippen LogP contribution in [-0.4, -0.2) is 43.4 Å². The van der Waals surface area contributed by atoms with Crippen LogP contribution in [0, 0.1) is 6.92 Å². The Morgan fingerprint density at radius 1 is 1.53 bits per heavy atom. The van der Waals surface area contributed by atoms with Gasteiger partial charge in [0.1, 0.15) is 11.6 Å². The van der Waals surface area contributed by atoms with Gasteiger partial charge >= 0.3 is 5.69 Å². The van der Waals surface area contributed by atoms with Gasteiger partial charge in [-0.2, -0.15) is 5.10 Å².